The highest BCUT2D eigenvalue weighted by Gasteiger charge is 2.29. The van der Waals surface area contributed by atoms with Gasteiger partial charge in [-0.25, -0.2) is 0 Å². The lowest BCUT2D eigenvalue weighted by Gasteiger charge is -2.30. The molecule has 0 aliphatic carbocycles. The van der Waals surface area contributed by atoms with Crippen LogP contribution in [0.2, 0.25) is 0 Å². The number of benzene rings is 9. The topological polar surface area (TPSA) is 120 Å². The molecule has 0 bridgehead atoms. The number of methoxy groups -OCH3 is 2. The Balaban J connectivity index is 1.36. The number of hydrogen-bond donors (Lipinski definition) is 5. The molecule has 0 atom stereocenters. The van der Waals surface area contributed by atoms with Crippen LogP contribution in [0.15, 0.2) is 182 Å². The van der Waals surface area contributed by atoms with Crippen LogP contribution in [-0.2, 0) is 63.8 Å². The lowest BCUT2D eigenvalue weighted by atomic mass is 9.73. The van der Waals surface area contributed by atoms with E-state index in [-0.39, 0.29) is 24.7 Å². The van der Waals surface area contributed by atoms with Crippen molar-refractivity contribution < 1.29 is 35.0 Å². The third kappa shape index (κ3) is 12.0. The summed E-state index contributed by atoms with van der Waals surface area (Å²) in [5, 5.41) is 56.2. The van der Waals surface area contributed by atoms with E-state index >= 15 is 0 Å². The van der Waals surface area contributed by atoms with Crippen molar-refractivity contribution in [1.29, 1.82) is 0 Å². The standard InChI is InChI=1S/C67H65O7/c1-67(2,72)64-20-6-5-15-51(64)41-54-33-49(21-26-53(54)43-69)35-55(34-46-11-7-14-50(31-46)42-68)66-61(40-48-13-9-18-59(37-48)74-4)60-19-10-16-52(32-44-22-27-56(70)28-23-44)65(60)63(39-47-12-8-17-57(71)36-47)62(66)38-45-24-29-58(73-3)30-25-45/h5-31,33,36-37,68-72H,32,34-35,38-43H2,1-4H3. The molecular formula is C67H65O7. The Labute approximate surface area is 435 Å². The second-order valence-corrected chi connectivity index (χ2v) is 20.0. The predicted octanol–water partition coefficient (Wildman–Crippen LogP) is 12.8. The highest BCUT2D eigenvalue weighted by Crippen LogP contribution is 2.43. The third-order valence-corrected chi connectivity index (χ3v) is 14.3. The van der Waals surface area contributed by atoms with E-state index in [1.165, 1.54) is 17.0 Å². The molecule has 9 rings (SSSR count). The second-order valence-electron chi connectivity index (χ2n) is 20.0. The first-order chi connectivity index (χ1) is 35.9. The SMILES string of the molecule is COc1ccc(Cc2c([C](Cc3cccc(CO)c3)Cc3ccc(CO)c(Cc4ccccc4C(C)(C)O)c3)c(Cc3cccc(OC)c3)c3cccc(Cc4ccc(O)cc4)c3c2Cc2cccc(O)c2)cc1. The van der Waals surface area contributed by atoms with Crippen molar-refractivity contribution in [1.82, 2.24) is 0 Å². The Morgan fingerprint density at radius 2 is 1.01 bits per heavy atom. The first kappa shape index (κ1) is 51.2. The van der Waals surface area contributed by atoms with Crippen LogP contribution in [0.5, 0.6) is 23.0 Å². The zero-order chi connectivity index (χ0) is 51.8. The summed E-state index contributed by atoms with van der Waals surface area (Å²) >= 11 is 0. The van der Waals surface area contributed by atoms with Gasteiger partial charge in [0.1, 0.15) is 23.0 Å². The summed E-state index contributed by atoms with van der Waals surface area (Å²) in [7, 11) is 3.38. The molecule has 9 aromatic carbocycles. The number of ether oxygens (including phenoxy) is 2. The molecule has 7 heteroatoms. The summed E-state index contributed by atoms with van der Waals surface area (Å²) in [4.78, 5) is 0. The fraction of sp³-hybridized carbons (Fsp3) is 0.209. The zero-order valence-corrected chi connectivity index (χ0v) is 42.7. The molecule has 1 radical (unpaired) electrons. The number of aromatic hydroxyl groups is 2. The molecule has 0 aromatic heterocycles. The Hall–Kier alpha value is -7.68. The summed E-state index contributed by atoms with van der Waals surface area (Å²) in [6.45, 7) is 3.41. The first-order valence-corrected chi connectivity index (χ1v) is 25.4. The fourth-order valence-corrected chi connectivity index (χ4v) is 10.8. The number of phenols is 2. The van der Waals surface area contributed by atoms with E-state index in [9.17, 15) is 25.5 Å². The molecule has 7 nitrogen and oxygen atoms in total. The third-order valence-electron chi connectivity index (χ3n) is 14.3. The summed E-state index contributed by atoms with van der Waals surface area (Å²) in [5.74, 6) is 3.14. The Kier molecular flexibility index (Phi) is 15.9. The van der Waals surface area contributed by atoms with Crippen LogP contribution in [0.3, 0.4) is 0 Å². The molecule has 5 N–H and O–H groups in total. The van der Waals surface area contributed by atoms with Crippen LogP contribution >= 0.6 is 0 Å². The Morgan fingerprint density at radius 3 is 1.73 bits per heavy atom. The minimum Gasteiger partial charge on any atom is -0.508 e. The van der Waals surface area contributed by atoms with Crippen LogP contribution in [0.25, 0.3) is 10.8 Å². The molecule has 0 fully saturated rings. The van der Waals surface area contributed by atoms with Crippen molar-refractivity contribution in [3.8, 4) is 23.0 Å². The molecule has 375 valence electrons. The van der Waals surface area contributed by atoms with Gasteiger partial charge >= 0.3 is 0 Å². The van der Waals surface area contributed by atoms with E-state index in [4.69, 9.17) is 9.47 Å². The molecule has 0 aliphatic rings. The lowest BCUT2D eigenvalue weighted by molar-refractivity contribution is 0.0777. The van der Waals surface area contributed by atoms with Crippen molar-refractivity contribution >= 4 is 10.8 Å². The number of aliphatic hydroxyl groups excluding tert-OH is 2. The molecule has 0 aliphatic heterocycles. The van der Waals surface area contributed by atoms with Crippen molar-refractivity contribution in [2.75, 3.05) is 14.2 Å². The van der Waals surface area contributed by atoms with Gasteiger partial charge in [-0.1, -0.05) is 133 Å². The quantitative estimate of drug-likeness (QED) is 0.0516. The van der Waals surface area contributed by atoms with Crippen LogP contribution in [0, 0.1) is 5.92 Å². The van der Waals surface area contributed by atoms with Gasteiger partial charge in [-0.3, -0.25) is 0 Å². The van der Waals surface area contributed by atoms with Gasteiger partial charge in [-0.05, 0) is 207 Å². The van der Waals surface area contributed by atoms with Gasteiger partial charge in [0.25, 0.3) is 0 Å². The maximum absolute atomic E-state index is 11.3. The normalized spacial score (nSPS) is 11.6. The van der Waals surface area contributed by atoms with Crippen molar-refractivity contribution in [2.24, 2.45) is 0 Å². The van der Waals surface area contributed by atoms with Gasteiger partial charge in [0.05, 0.1) is 33.0 Å². The van der Waals surface area contributed by atoms with Crippen LogP contribution in [-0.4, -0.2) is 39.8 Å². The molecule has 9 aromatic rings. The highest BCUT2D eigenvalue weighted by atomic mass is 16.5. The molecule has 0 amide bonds. The molecule has 0 heterocycles. The second kappa shape index (κ2) is 23.0. The predicted molar refractivity (Wildman–Crippen MR) is 296 cm³/mol. The molecule has 74 heavy (non-hydrogen) atoms. The average Bonchev–Trinajstić information content (AvgIpc) is 3.41. The smallest absolute Gasteiger partial charge is 0.119 e. The number of hydrogen-bond acceptors (Lipinski definition) is 7. The number of rotatable bonds is 20. The summed E-state index contributed by atoms with van der Waals surface area (Å²) in [5.41, 5.74) is 15.6. The van der Waals surface area contributed by atoms with Gasteiger partial charge in [0.15, 0.2) is 0 Å². The summed E-state index contributed by atoms with van der Waals surface area (Å²) in [6.07, 6.45) is 3.94. The zero-order valence-electron chi connectivity index (χ0n) is 42.7. The van der Waals surface area contributed by atoms with E-state index in [2.05, 4.69) is 78.9 Å². The van der Waals surface area contributed by atoms with E-state index in [1.807, 2.05) is 98.8 Å². The van der Waals surface area contributed by atoms with Gasteiger partial charge < -0.3 is 35.0 Å². The van der Waals surface area contributed by atoms with E-state index in [0.29, 0.717) is 44.9 Å². The van der Waals surface area contributed by atoms with Gasteiger partial charge in [0.2, 0.25) is 0 Å². The first-order valence-electron chi connectivity index (χ1n) is 25.4. The summed E-state index contributed by atoms with van der Waals surface area (Å²) < 4.78 is 11.5. The number of phenolic OH excluding ortho intramolecular Hbond substituents is 2. The van der Waals surface area contributed by atoms with Crippen LogP contribution in [0.1, 0.15) is 103 Å². The Bertz CT molecular complexity index is 3370. The minimum absolute atomic E-state index is 0.0844. The number of fused-ring (bicyclic) bond motifs is 1. The van der Waals surface area contributed by atoms with Gasteiger partial charge in [-0.15, -0.1) is 0 Å². The van der Waals surface area contributed by atoms with Crippen molar-refractivity contribution in [3.63, 3.8) is 0 Å². The maximum atomic E-state index is 11.3. The van der Waals surface area contributed by atoms with Gasteiger partial charge in [0, 0.05) is 5.92 Å². The molecule has 0 saturated carbocycles. The van der Waals surface area contributed by atoms with E-state index in [0.717, 1.165) is 100 Å². The molecule has 0 spiro atoms. The van der Waals surface area contributed by atoms with E-state index in [1.54, 1.807) is 32.4 Å². The Morgan fingerprint density at radius 1 is 0.419 bits per heavy atom. The summed E-state index contributed by atoms with van der Waals surface area (Å²) in [6, 6.07) is 60.9. The average molecular weight is 982 g/mol. The molecular weight excluding hydrogens is 917 g/mol. The number of aliphatic hydroxyl groups is 3. The van der Waals surface area contributed by atoms with E-state index < -0.39 is 5.60 Å². The van der Waals surface area contributed by atoms with Crippen molar-refractivity contribution in [2.45, 2.75) is 77.6 Å². The largest absolute Gasteiger partial charge is 0.508 e. The van der Waals surface area contributed by atoms with Crippen LogP contribution in [0.4, 0.5) is 0 Å². The minimum atomic E-state index is -1.06. The fourth-order valence-electron chi connectivity index (χ4n) is 10.8. The van der Waals surface area contributed by atoms with Crippen molar-refractivity contribution in [3.05, 3.63) is 277 Å². The molecule has 0 saturated heterocycles. The monoisotopic (exact) mass is 981 g/mol. The van der Waals surface area contributed by atoms with Gasteiger partial charge in [-0.2, -0.15) is 0 Å². The van der Waals surface area contributed by atoms with Crippen LogP contribution < -0.4 is 9.47 Å². The molecule has 0 unspecified atom stereocenters. The highest BCUT2D eigenvalue weighted by molar-refractivity contribution is 5.95. The maximum Gasteiger partial charge on any atom is 0.119 e. The lowest BCUT2D eigenvalue weighted by Crippen LogP contribution is -2.19.